The highest BCUT2D eigenvalue weighted by molar-refractivity contribution is 7.90. The van der Waals surface area contributed by atoms with Crippen LogP contribution in [0.25, 0.3) is 11.3 Å². The van der Waals surface area contributed by atoms with Gasteiger partial charge in [0, 0.05) is 17.9 Å². The van der Waals surface area contributed by atoms with Crippen LogP contribution in [0.1, 0.15) is 10.5 Å². The van der Waals surface area contributed by atoms with E-state index in [2.05, 4.69) is 5.16 Å². The van der Waals surface area contributed by atoms with Gasteiger partial charge in [0.25, 0.3) is 0 Å². The predicted octanol–water partition coefficient (Wildman–Crippen LogP) is 1.44. The van der Waals surface area contributed by atoms with Crippen LogP contribution in [0.2, 0.25) is 0 Å². The number of carbonyl (C=O) groups is 1. The number of carboxylic acids is 1. The molecule has 0 aliphatic rings. The summed E-state index contributed by atoms with van der Waals surface area (Å²) in [6, 6.07) is 7.26. The van der Waals surface area contributed by atoms with Crippen LogP contribution in [0.5, 0.6) is 0 Å². The molecule has 0 spiro atoms. The standard InChI is InChI=1S/C11H9NO5S/c1-18(15,16)8-4-2-3-7(5-8)10-6-9(11(13)14)12-17-10/h2-6H,1H3,(H,13,14). The number of sulfone groups is 1. The molecule has 0 aliphatic heterocycles. The predicted molar refractivity (Wildman–Crippen MR) is 62.0 cm³/mol. The molecule has 1 heterocycles. The highest BCUT2D eigenvalue weighted by Gasteiger charge is 2.14. The number of carboxylic acid groups (broad SMARTS) is 1. The van der Waals surface area contributed by atoms with Gasteiger partial charge in [0.2, 0.25) is 0 Å². The Morgan fingerprint density at radius 1 is 1.33 bits per heavy atom. The van der Waals surface area contributed by atoms with Crippen LogP contribution >= 0.6 is 0 Å². The Morgan fingerprint density at radius 2 is 2.06 bits per heavy atom. The van der Waals surface area contributed by atoms with E-state index in [1.165, 1.54) is 18.2 Å². The second kappa shape index (κ2) is 4.26. The van der Waals surface area contributed by atoms with E-state index in [1.54, 1.807) is 12.1 Å². The quantitative estimate of drug-likeness (QED) is 0.903. The minimum atomic E-state index is -3.32. The van der Waals surface area contributed by atoms with Crippen LogP contribution in [0.4, 0.5) is 0 Å². The second-order valence-electron chi connectivity index (χ2n) is 3.68. The minimum absolute atomic E-state index is 0.133. The Labute approximate surface area is 103 Å². The van der Waals surface area contributed by atoms with Crippen LogP contribution in [0.3, 0.4) is 0 Å². The number of hydrogen-bond donors (Lipinski definition) is 1. The van der Waals surface area contributed by atoms with Crippen molar-refractivity contribution in [2.75, 3.05) is 6.26 Å². The summed E-state index contributed by atoms with van der Waals surface area (Å²) in [5.74, 6) is -0.998. The fourth-order valence-corrected chi connectivity index (χ4v) is 2.06. The summed E-state index contributed by atoms with van der Waals surface area (Å²) in [5.41, 5.74) is 0.229. The van der Waals surface area contributed by atoms with Gasteiger partial charge in [-0.25, -0.2) is 13.2 Å². The fraction of sp³-hybridized carbons (Fsp3) is 0.0909. The molecule has 7 heteroatoms. The zero-order chi connectivity index (χ0) is 13.3. The zero-order valence-corrected chi connectivity index (χ0v) is 10.1. The molecule has 0 aliphatic carbocycles. The molecule has 0 saturated heterocycles. The molecule has 0 radical (unpaired) electrons. The van der Waals surface area contributed by atoms with Crippen molar-refractivity contribution in [3.63, 3.8) is 0 Å². The topological polar surface area (TPSA) is 97.5 Å². The molecule has 1 N–H and O–H groups in total. The van der Waals surface area contributed by atoms with Crippen LogP contribution < -0.4 is 0 Å². The van der Waals surface area contributed by atoms with E-state index in [9.17, 15) is 13.2 Å². The van der Waals surface area contributed by atoms with E-state index in [1.807, 2.05) is 0 Å². The Kier molecular flexibility index (Phi) is 2.92. The summed E-state index contributed by atoms with van der Waals surface area (Å²) in [4.78, 5) is 10.8. The number of aromatic carboxylic acids is 1. The van der Waals surface area contributed by atoms with E-state index >= 15 is 0 Å². The molecule has 1 aromatic carbocycles. The zero-order valence-electron chi connectivity index (χ0n) is 9.32. The first-order valence-corrected chi connectivity index (χ1v) is 6.77. The summed E-state index contributed by atoms with van der Waals surface area (Å²) in [5, 5.41) is 12.1. The SMILES string of the molecule is CS(=O)(=O)c1cccc(-c2cc(C(=O)O)no2)c1. The molecule has 6 nitrogen and oxygen atoms in total. The van der Waals surface area contributed by atoms with E-state index in [4.69, 9.17) is 9.63 Å². The van der Waals surface area contributed by atoms with Gasteiger partial charge in [0.15, 0.2) is 21.3 Å². The van der Waals surface area contributed by atoms with Gasteiger partial charge in [0.1, 0.15) is 0 Å². The summed E-state index contributed by atoms with van der Waals surface area (Å²) >= 11 is 0. The van der Waals surface area contributed by atoms with Crippen molar-refractivity contribution in [3.05, 3.63) is 36.0 Å². The number of rotatable bonds is 3. The van der Waals surface area contributed by atoms with Crippen LogP contribution in [-0.2, 0) is 9.84 Å². The second-order valence-corrected chi connectivity index (χ2v) is 5.70. The van der Waals surface area contributed by atoms with E-state index < -0.39 is 15.8 Å². The van der Waals surface area contributed by atoms with Crippen LogP contribution in [-0.4, -0.2) is 30.9 Å². The van der Waals surface area contributed by atoms with E-state index in [0.29, 0.717) is 5.56 Å². The van der Waals surface area contributed by atoms with Crippen molar-refractivity contribution in [2.45, 2.75) is 4.90 Å². The lowest BCUT2D eigenvalue weighted by Crippen LogP contribution is -1.96. The molecular formula is C11H9NO5S. The molecule has 2 aromatic rings. The highest BCUT2D eigenvalue weighted by Crippen LogP contribution is 2.23. The van der Waals surface area contributed by atoms with Gasteiger partial charge >= 0.3 is 5.97 Å². The third kappa shape index (κ3) is 2.40. The van der Waals surface area contributed by atoms with Gasteiger partial charge in [-0.2, -0.15) is 0 Å². The first kappa shape index (κ1) is 12.3. The average Bonchev–Trinajstić information content (AvgIpc) is 2.77. The Hall–Kier alpha value is -2.15. The normalized spacial score (nSPS) is 11.4. The van der Waals surface area contributed by atoms with Crippen molar-refractivity contribution < 1.29 is 22.8 Å². The van der Waals surface area contributed by atoms with Gasteiger partial charge in [-0.1, -0.05) is 17.3 Å². The van der Waals surface area contributed by atoms with Crippen LogP contribution in [0, 0.1) is 0 Å². The van der Waals surface area contributed by atoms with Gasteiger partial charge in [-0.3, -0.25) is 0 Å². The van der Waals surface area contributed by atoms with Gasteiger partial charge in [0.05, 0.1) is 4.90 Å². The Bertz CT molecular complexity index is 702. The average molecular weight is 267 g/mol. The Morgan fingerprint density at radius 3 is 2.61 bits per heavy atom. The maximum absolute atomic E-state index is 11.4. The monoisotopic (exact) mass is 267 g/mol. The molecule has 1 aromatic heterocycles. The summed E-state index contributed by atoms with van der Waals surface area (Å²) < 4.78 is 27.6. The van der Waals surface area contributed by atoms with E-state index in [-0.39, 0.29) is 16.3 Å². The molecular weight excluding hydrogens is 258 g/mol. The number of aromatic nitrogens is 1. The smallest absolute Gasteiger partial charge is 0.358 e. The molecule has 94 valence electrons. The Balaban J connectivity index is 2.48. The van der Waals surface area contributed by atoms with Crippen molar-refractivity contribution in [1.29, 1.82) is 0 Å². The van der Waals surface area contributed by atoms with Gasteiger partial charge < -0.3 is 9.63 Å². The summed E-state index contributed by atoms with van der Waals surface area (Å²) in [6.07, 6.45) is 1.09. The number of hydrogen-bond acceptors (Lipinski definition) is 5. The fourth-order valence-electron chi connectivity index (χ4n) is 1.39. The third-order valence-electron chi connectivity index (χ3n) is 2.28. The lowest BCUT2D eigenvalue weighted by molar-refractivity contribution is 0.0686. The molecule has 0 saturated carbocycles. The van der Waals surface area contributed by atoms with E-state index in [0.717, 1.165) is 6.26 Å². The molecule has 0 unspecified atom stereocenters. The van der Waals surface area contributed by atoms with Crippen molar-refractivity contribution >= 4 is 15.8 Å². The molecule has 18 heavy (non-hydrogen) atoms. The highest BCUT2D eigenvalue weighted by atomic mass is 32.2. The minimum Gasteiger partial charge on any atom is -0.476 e. The summed E-state index contributed by atoms with van der Waals surface area (Å²) in [6.45, 7) is 0. The molecule has 0 atom stereocenters. The molecule has 0 amide bonds. The van der Waals surface area contributed by atoms with Crippen LogP contribution in [0.15, 0.2) is 39.8 Å². The lowest BCUT2D eigenvalue weighted by atomic mass is 10.1. The summed E-state index contributed by atoms with van der Waals surface area (Å²) in [7, 11) is -3.32. The first-order valence-electron chi connectivity index (χ1n) is 4.88. The van der Waals surface area contributed by atoms with Crippen molar-refractivity contribution in [2.24, 2.45) is 0 Å². The first-order chi connectivity index (χ1) is 8.38. The lowest BCUT2D eigenvalue weighted by Gasteiger charge is -2.00. The van der Waals surface area contributed by atoms with Gasteiger partial charge in [-0.05, 0) is 12.1 Å². The third-order valence-corrected chi connectivity index (χ3v) is 3.39. The van der Waals surface area contributed by atoms with Crippen molar-refractivity contribution in [1.82, 2.24) is 5.16 Å². The number of benzene rings is 1. The number of nitrogens with zero attached hydrogens (tertiary/aromatic N) is 1. The molecule has 0 fully saturated rings. The maximum Gasteiger partial charge on any atom is 0.358 e. The van der Waals surface area contributed by atoms with Gasteiger partial charge in [-0.15, -0.1) is 0 Å². The molecule has 2 rings (SSSR count). The van der Waals surface area contributed by atoms with Crippen molar-refractivity contribution in [3.8, 4) is 11.3 Å². The largest absolute Gasteiger partial charge is 0.476 e. The maximum atomic E-state index is 11.4. The molecule has 0 bridgehead atoms.